The SMILES string of the molecule is CC1(C)c2cc3ccccc3cc2-c2c(-c3ccccc3)nc(-c3ccc(-c4ccccc4)cc3)nc21. The minimum absolute atomic E-state index is 0.236. The lowest BCUT2D eigenvalue weighted by Crippen LogP contribution is -2.17. The van der Waals surface area contributed by atoms with Crippen LogP contribution in [-0.4, -0.2) is 9.97 Å². The number of nitrogens with zero attached hydrogens (tertiary/aromatic N) is 2. The summed E-state index contributed by atoms with van der Waals surface area (Å²) < 4.78 is 0. The Balaban J connectivity index is 1.46. The lowest BCUT2D eigenvalue weighted by atomic mass is 9.84. The average Bonchev–Trinajstić information content (AvgIpc) is 3.18. The van der Waals surface area contributed by atoms with E-state index >= 15 is 0 Å². The molecular weight excluding hydrogens is 448 g/mol. The van der Waals surface area contributed by atoms with E-state index in [0.717, 1.165) is 33.9 Å². The van der Waals surface area contributed by atoms with Crippen LogP contribution in [0.1, 0.15) is 25.1 Å². The summed E-state index contributed by atoms with van der Waals surface area (Å²) in [5, 5.41) is 2.50. The van der Waals surface area contributed by atoms with Gasteiger partial charge in [-0.3, -0.25) is 0 Å². The molecule has 0 fully saturated rings. The first-order valence-corrected chi connectivity index (χ1v) is 12.8. The van der Waals surface area contributed by atoms with Crippen LogP contribution < -0.4 is 0 Å². The maximum atomic E-state index is 5.26. The molecule has 176 valence electrons. The van der Waals surface area contributed by atoms with Crippen molar-refractivity contribution in [3.8, 4) is 44.9 Å². The number of benzene rings is 5. The molecular formula is C35H26N2. The van der Waals surface area contributed by atoms with Gasteiger partial charge in [-0.15, -0.1) is 0 Å². The second kappa shape index (κ2) is 8.25. The van der Waals surface area contributed by atoms with E-state index in [0.29, 0.717) is 0 Å². The fourth-order valence-electron chi connectivity index (χ4n) is 5.64. The summed E-state index contributed by atoms with van der Waals surface area (Å²) >= 11 is 0. The maximum Gasteiger partial charge on any atom is 0.160 e. The lowest BCUT2D eigenvalue weighted by molar-refractivity contribution is 0.637. The molecule has 0 amide bonds. The molecule has 0 saturated carbocycles. The van der Waals surface area contributed by atoms with Crippen LogP contribution in [0, 0.1) is 0 Å². The van der Waals surface area contributed by atoms with Crippen molar-refractivity contribution >= 4 is 10.8 Å². The van der Waals surface area contributed by atoms with E-state index in [1.54, 1.807) is 0 Å². The van der Waals surface area contributed by atoms with Crippen LogP contribution in [0.4, 0.5) is 0 Å². The summed E-state index contributed by atoms with van der Waals surface area (Å²) in [5.74, 6) is 0.766. The smallest absolute Gasteiger partial charge is 0.160 e. The highest BCUT2D eigenvalue weighted by Crippen LogP contribution is 2.52. The van der Waals surface area contributed by atoms with Gasteiger partial charge in [0.15, 0.2) is 5.82 Å². The molecule has 0 unspecified atom stereocenters. The molecule has 0 spiro atoms. The Hall–Kier alpha value is -4.56. The van der Waals surface area contributed by atoms with Crippen LogP contribution in [-0.2, 0) is 5.41 Å². The average molecular weight is 475 g/mol. The highest BCUT2D eigenvalue weighted by atomic mass is 14.9. The first-order chi connectivity index (χ1) is 18.1. The van der Waals surface area contributed by atoms with Crippen molar-refractivity contribution in [3.63, 3.8) is 0 Å². The fraction of sp³-hybridized carbons (Fsp3) is 0.0857. The Kier molecular flexibility index (Phi) is 4.84. The van der Waals surface area contributed by atoms with E-state index in [2.05, 4.69) is 129 Å². The predicted octanol–water partition coefficient (Wildman–Crippen LogP) is 8.94. The Morgan fingerprint density at radius 3 is 1.73 bits per heavy atom. The maximum absolute atomic E-state index is 5.26. The summed E-state index contributed by atoms with van der Waals surface area (Å²) in [6, 6.07) is 42.8. The van der Waals surface area contributed by atoms with Gasteiger partial charge in [0.25, 0.3) is 0 Å². The van der Waals surface area contributed by atoms with Crippen molar-refractivity contribution in [3.05, 3.63) is 133 Å². The van der Waals surface area contributed by atoms with Crippen molar-refractivity contribution in [2.45, 2.75) is 19.3 Å². The third-order valence-electron chi connectivity index (χ3n) is 7.63. The van der Waals surface area contributed by atoms with Crippen molar-refractivity contribution in [1.82, 2.24) is 9.97 Å². The second-order valence-corrected chi connectivity index (χ2v) is 10.3. The van der Waals surface area contributed by atoms with Crippen LogP contribution in [0.2, 0.25) is 0 Å². The molecule has 0 saturated heterocycles. The topological polar surface area (TPSA) is 25.8 Å². The Labute approximate surface area is 217 Å². The minimum atomic E-state index is -0.236. The van der Waals surface area contributed by atoms with E-state index < -0.39 is 0 Å². The minimum Gasteiger partial charge on any atom is -0.231 e. The molecule has 1 aliphatic carbocycles. The Morgan fingerprint density at radius 1 is 0.514 bits per heavy atom. The molecule has 1 aliphatic rings. The molecule has 0 aliphatic heterocycles. The summed E-state index contributed by atoms with van der Waals surface area (Å²) in [6.45, 7) is 4.58. The molecule has 0 bridgehead atoms. The fourth-order valence-corrected chi connectivity index (χ4v) is 5.64. The van der Waals surface area contributed by atoms with Gasteiger partial charge in [-0.2, -0.15) is 0 Å². The monoisotopic (exact) mass is 474 g/mol. The normalized spacial score (nSPS) is 13.4. The highest BCUT2D eigenvalue weighted by Gasteiger charge is 2.40. The number of hydrogen-bond donors (Lipinski definition) is 0. The number of fused-ring (bicyclic) bond motifs is 4. The van der Waals surface area contributed by atoms with Crippen LogP contribution in [0.5, 0.6) is 0 Å². The second-order valence-electron chi connectivity index (χ2n) is 10.3. The van der Waals surface area contributed by atoms with Crippen LogP contribution in [0.25, 0.3) is 55.7 Å². The van der Waals surface area contributed by atoms with Crippen molar-refractivity contribution in [1.29, 1.82) is 0 Å². The van der Waals surface area contributed by atoms with Gasteiger partial charge < -0.3 is 0 Å². The van der Waals surface area contributed by atoms with Gasteiger partial charge >= 0.3 is 0 Å². The number of rotatable bonds is 3. The summed E-state index contributed by atoms with van der Waals surface area (Å²) in [5.41, 5.74) is 10.1. The van der Waals surface area contributed by atoms with Crippen LogP contribution >= 0.6 is 0 Å². The molecule has 5 aromatic carbocycles. The van der Waals surface area contributed by atoms with E-state index in [1.165, 1.54) is 33.0 Å². The van der Waals surface area contributed by atoms with Gasteiger partial charge in [-0.1, -0.05) is 123 Å². The zero-order valence-corrected chi connectivity index (χ0v) is 20.9. The molecule has 0 radical (unpaired) electrons. The first kappa shape index (κ1) is 21.7. The van der Waals surface area contributed by atoms with Gasteiger partial charge in [-0.25, -0.2) is 9.97 Å². The summed E-state index contributed by atoms with van der Waals surface area (Å²) in [4.78, 5) is 10.5. The zero-order chi connectivity index (χ0) is 25.0. The molecule has 2 nitrogen and oxygen atoms in total. The molecule has 37 heavy (non-hydrogen) atoms. The van der Waals surface area contributed by atoms with E-state index in [9.17, 15) is 0 Å². The largest absolute Gasteiger partial charge is 0.231 e. The molecule has 2 heteroatoms. The molecule has 7 rings (SSSR count). The van der Waals surface area contributed by atoms with E-state index in [-0.39, 0.29) is 5.41 Å². The van der Waals surface area contributed by atoms with Gasteiger partial charge in [0, 0.05) is 22.1 Å². The third kappa shape index (κ3) is 3.48. The van der Waals surface area contributed by atoms with Crippen LogP contribution in [0.3, 0.4) is 0 Å². The Bertz CT molecular complexity index is 1770. The van der Waals surface area contributed by atoms with Crippen molar-refractivity contribution in [2.24, 2.45) is 0 Å². The van der Waals surface area contributed by atoms with Gasteiger partial charge in [0.2, 0.25) is 0 Å². The summed E-state index contributed by atoms with van der Waals surface area (Å²) in [7, 11) is 0. The van der Waals surface area contributed by atoms with Gasteiger partial charge in [0.05, 0.1) is 11.4 Å². The first-order valence-electron chi connectivity index (χ1n) is 12.8. The zero-order valence-electron chi connectivity index (χ0n) is 20.9. The molecule has 1 aromatic heterocycles. The van der Waals surface area contributed by atoms with Crippen molar-refractivity contribution < 1.29 is 0 Å². The molecule has 0 N–H and O–H groups in total. The van der Waals surface area contributed by atoms with Crippen LogP contribution in [0.15, 0.2) is 121 Å². The van der Waals surface area contributed by atoms with Gasteiger partial charge in [-0.05, 0) is 45.2 Å². The van der Waals surface area contributed by atoms with Crippen molar-refractivity contribution in [2.75, 3.05) is 0 Å². The summed E-state index contributed by atoms with van der Waals surface area (Å²) in [6.07, 6.45) is 0. The lowest BCUT2D eigenvalue weighted by Gasteiger charge is -2.21. The quantitative estimate of drug-likeness (QED) is 0.256. The number of hydrogen-bond acceptors (Lipinski definition) is 2. The van der Waals surface area contributed by atoms with E-state index in [4.69, 9.17) is 9.97 Å². The standard InChI is InChI=1S/C35H26N2/c1-35(2)30-22-28-16-10-9-15-27(28)21-29(30)31-32(25-13-7-4-8-14-25)36-34(37-33(31)35)26-19-17-24(18-20-26)23-11-5-3-6-12-23/h3-22H,1-2H3. The highest BCUT2D eigenvalue weighted by molar-refractivity contribution is 5.97. The third-order valence-corrected chi connectivity index (χ3v) is 7.63. The Morgan fingerprint density at radius 2 is 1.05 bits per heavy atom. The van der Waals surface area contributed by atoms with E-state index in [1.807, 2.05) is 6.07 Å². The number of aromatic nitrogens is 2. The molecule has 0 atom stereocenters. The van der Waals surface area contributed by atoms with Gasteiger partial charge in [0.1, 0.15) is 0 Å². The predicted molar refractivity (Wildman–Crippen MR) is 153 cm³/mol. The molecule has 1 heterocycles. The molecule has 6 aromatic rings.